The molecule has 0 aromatic carbocycles. The number of alkyl halides is 14. The van der Waals surface area contributed by atoms with Crippen LogP contribution in [0.4, 0.5) is 43.9 Å². The van der Waals surface area contributed by atoms with Crippen molar-refractivity contribution in [1.29, 1.82) is 0 Å². The molecule has 2 nitrogen and oxygen atoms in total. The average molecular weight is 448 g/mol. The average Bonchev–Trinajstić information content (AvgIpc) is 2.43. The molecular formula is C7Cl4F10O2. The van der Waals surface area contributed by atoms with E-state index in [9.17, 15) is 43.9 Å². The maximum atomic E-state index is 13.6. The van der Waals surface area contributed by atoms with Crippen LogP contribution in [0.25, 0.3) is 0 Å². The normalized spacial score (nSPS) is 24.8. The van der Waals surface area contributed by atoms with Gasteiger partial charge in [0, 0.05) is 0 Å². The van der Waals surface area contributed by atoms with Crippen molar-refractivity contribution in [3.8, 4) is 0 Å². The lowest BCUT2D eigenvalue weighted by Crippen LogP contribution is -2.70. The van der Waals surface area contributed by atoms with Crippen molar-refractivity contribution in [1.82, 2.24) is 0 Å². The number of hydrogen-bond acceptors (Lipinski definition) is 2. The molecule has 0 spiro atoms. The number of halogens is 14. The van der Waals surface area contributed by atoms with Crippen LogP contribution in [0, 0.1) is 0 Å². The Kier molecular flexibility index (Phi) is 4.84. The first kappa shape index (κ1) is 21.4. The summed E-state index contributed by atoms with van der Waals surface area (Å²) in [7, 11) is 0. The highest BCUT2D eigenvalue weighted by Crippen LogP contribution is 2.66. The van der Waals surface area contributed by atoms with Crippen LogP contribution >= 0.6 is 46.4 Å². The molecule has 0 atom stereocenters. The number of hydrogen-bond donors (Lipinski definition) is 0. The van der Waals surface area contributed by atoms with E-state index in [1.807, 2.05) is 0 Å². The molecule has 1 aliphatic heterocycles. The fraction of sp³-hybridized carbons (Fsp3) is 1.00. The molecule has 23 heavy (non-hydrogen) atoms. The molecule has 0 aromatic rings. The van der Waals surface area contributed by atoms with E-state index in [2.05, 4.69) is 9.47 Å². The summed E-state index contributed by atoms with van der Waals surface area (Å²) >= 11 is 19.7. The van der Waals surface area contributed by atoms with Gasteiger partial charge < -0.3 is 0 Å². The van der Waals surface area contributed by atoms with Crippen molar-refractivity contribution in [2.45, 2.75) is 39.0 Å². The minimum Gasteiger partial charge on any atom is -0.296 e. The van der Waals surface area contributed by atoms with Crippen LogP contribution in [0.3, 0.4) is 0 Å². The Hall–Kier alpha value is 0.380. The lowest BCUT2D eigenvalue weighted by molar-refractivity contribution is -0.474. The lowest BCUT2D eigenvalue weighted by Gasteiger charge is -2.40. The number of ether oxygens (including phenoxy) is 2. The van der Waals surface area contributed by atoms with Crippen molar-refractivity contribution < 1.29 is 53.4 Å². The van der Waals surface area contributed by atoms with Gasteiger partial charge in [0.15, 0.2) is 0 Å². The van der Waals surface area contributed by atoms with Crippen molar-refractivity contribution in [2.75, 3.05) is 0 Å². The molecule has 0 N–H and O–H groups in total. The Morgan fingerprint density at radius 2 is 0.913 bits per heavy atom. The Labute approximate surface area is 139 Å². The Morgan fingerprint density at radius 1 is 0.609 bits per heavy atom. The third kappa shape index (κ3) is 2.82. The molecule has 138 valence electrons. The molecule has 0 aromatic heterocycles. The van der Waals surface area contributed by atoms with Crippen LogP contribution in [-0.4, -0.2) is 39.0 Å². The topological polar surface area (TPSA) is 18.5 Å². The Bertz CT molecular complexity index is 469. The van der Waals surface area contributed by atoms with Crippen molar-refractivity contribution in [3.63, 3.8) is 0 Å². The third-order valence-electron chi connectivity index (χ3n) is 2.42. The SMILES string of the molecule is FC(F)(F)C(F)(F)C(F)(F)C1(C(F)(F)F)OC(Cl)(Cl)C(Cl)(Cl)O1. The van der Waals surface area contributed by atoms with E-state index in [-0.39, 0.29) is 0 Å². The van der Waals surface area contributed by atoms with Gasteiger partial charge in [-0.15, -0.1) is 0 Å². The van der Waals surface area contributed by atoms with E-state index in [4.69, 9.17) is 46.4 Å². The van der Waals surface area contributed by atoms with Crippen LogP contribution in [-0.2, 0) is 9.47 Å². The third-order valence-corrected chi connectivity index (χ3v) is 4.18. The molecule has 0 amide bonds. The Morgan fingerprint density at radius 3 is 1.13 bits per heavy atom. The van der Waals surface area contributed by atoms with Crippen LogP contribution in [0.15, 0.2) is 0 Å². The predicted molar refractivity (Wildman–Crippen MR) is 55.8 cm³/mol. The first-order valence-corrected chi connectivity index (χ1v) is 6.22. The highest BCUT2D eigenvalue weighted by atomic mass is 35.5. The van der Waals surface area contributed by atoms with Crippen molar-refractivity contribution >= 4 is 46.4 Å². The molecule has 1 aliphatic rings. The van der Waals surface area contributed by atoms with E-state index in [1.54, 1.807) is 0 Å². The molecule has 1 fully saturated rings. The van der Waals surface area contributed by atoms with E-state index in [1.165, 1.54) is 0 Å². The van der Waals surface area contributed by atoms with Gasteiger partial charge in [-0.25, -0.2) is 0 Å². The maximum Gasteiger partial charge on any atom is 0.460 e. The summed E-state index contributed by atoms with van der Waals surface area (Å²) in [4.78, 5) is 0. The standard InChI is InChI=1S/C7Cl4F10O2/c8-4(9)5(10,11)23-3(22-4,7(19,20)21)1(12,13)2(14,15)6(16,17)18. The molecule has 1 heterocycles. The van der Waals surface area contributed by atoms with Gasteiger partial charge in [-0.3, -0.25) is 9.47 Å². The fourth-order valence-corrected chi connectivity index (χ4v) is 1.90. The molecule has 0 radical (unpaired) electrons. The first-order valence-electron chi connectivity index (χ1n) is 4.71. The van der Waals surface area contributed by atoms with E-state index in [0.29, 0.717) is 0 Å². The summed E-state index contributed by atoms with van der Waals surface area (Å²) < 4.78 is 127. The van der Waals surface area contributed by atoms with E-state index in [0.717, 1.165) is 0 Å². The molecule has 1 saturated heterocycles. The zero-order chi connectivity index (χ0) is 18.9. The maximum absolute atomic E-state index is 13.6. The van der Waals surface area contributed by atoms with Crippen molar-refractivity contribution in [2.24, 2.45) is 0 Å². The van der Waals surface area contributed by atoms with Gasteiger partial charge in [0.1, 0.15) is 0 Å². The van der Waals surface area contributed by atoms with Gasteiger partial charge in [-0.1, -0.05) is 46.4 Å². The fourth-order valence-electron chi connectivity index (χ4n) is 1.31. The quantitative estimate of drug-likeness (QED) is 0.417. The zero-order valence-corrected chi connectivity index (χ0v) is 12.6. The summed E-state index contributed by atoms with van der Waals surface area (Å²) in [5.41, 5.74) is 0. The number of rotatable bonds is 2. The largest absolute Gasteiger partial charge is 0.460 e. The monoisotopic (exact) mass is 446 g/mol. The molecule has 0 unspecified atom stereocenters. The van der Waals surface area contributed by atoms with E-state index >= 15 is 0 Å². The van der Waals surface area contributed by atoms with Crippen LogP contribution in [0.2, 0.25) is 0 Å². The molecule has 0 aliphatic carbocycles. The summed E-state index contributed by atoms with van der Waals surface area (Å²) in [6.07, 6.45) is -13.8. The molecule has 1 rings (SSSR count). The van der Waals surface area contributed by atoms with Gasteiger partial charge in [0.25, 0.3) is 9.04 Å². The van der Waals surface area contributed by atoms with Crippen LogP contribution < -0.4 is 0 Å². The van der Waals surface area contributed by atoms with Crippen LogP contribution in [0.5, 0.6) is 0 Å². The second kappa shape index (κ2) is 5.19. The second-order valence-corrected chi connectivity index (χ2v) is 6.51. The molecule has 16 heteroatoms. The highest BCUT2D eigenvalue weighted by Gasteiger charge is 2.92. The van der Waals surface area contributed by atoms with Gasteiger partial charge in [0.2, 0.25) is 0 Å². The van der Waals surface area contributed by atoms with Crippen LogP contribution in [0.1, 0.15) is 0 Å². The highest BCUT2D eigenvalue weighted by molar-refractivity contribution is 6.61. The van der Waals surface area contributed by atoms with E-state index < -0.39 is 39.0 Å². The Balaban J connectivity index is 3.65. The van der Waals surface area contributed by atoms with Gasteiger partial charge in [-0.2, -0.15) is 43.9 Å². The second-order valence-electron chi connectivity index (χ2n) is 4.00. The molecule has 0 bridgehead atoms. The van der Waals surface area contributed by atoms with Gasteiger partial charge >= 0.3 is 30.0 Å². The lowest BCUT2D eigenvalue weighted by atomic mass is 10.0. The molecule has 0 saturated carbocycles. The first-order chi connectivity index (χ1) is 9.66. The summed E-state index contributed by atoms with van der Waals surface area (Å²) in [6, 6.07) is 0. The summed E-state index contributed by atoms with van der Waals surface area (Å²) in [6.45, 7) is 0. The zero-order valence-electron chi connectivity index (χ0n) is 9.61. The molecular weight excluding hydrogens is 448 g/mol. The summed E-state index contributed by atoms with van der Waals surface area (Å²) in [5, 5.41) is 0. The van der Waals surface area contributed by atoms with Gasteiger partial charge in [-0.05, 0) is 0 Å². The summed E-state index contributed by atoms with van der Waals surface area (Å²) in [5.74, 6) is -20.4. The minimum atomic E-state index is -7.28. The minimum absolute atomic E-state index is 3.25. The predicted octanol–water partition coefficient (Wildman–Crippen LogP) is 5.39. The smallest absolute Gasteiger partial charge is 0.296 e. The van der Waals surface area contributed by atoms with Gasteiger partial charge in [0.05, 0.1) is 0 Å². The van der Waals surface area contributed by atoms with Crippen molar-refractivity contribution in [3.05, 3.63) is 0 Å².